The van der Waals surface area contributed by atoms with E-state index in [0.717, 1.165) is 11.1 Å². The van der Waals surface area contributed by atoms with Crippen LogP contribution in [0.5, 0.6) is 0 Å². The quantitative estimate of drug-likeness (QED) is 0.461. The maximum Gasteiger partial charge on any atom is 0.265 e. The van der Waals surface area contributed by atoms with Gasteiger partial charge in [0.15, 0.2) is 0 Å². The van der Waals surface area contributed by atoms with Crippen LogP contribution in [-0.2, 0) is 11.2 Å². The molecule has 5 nitrogen and oxygen atoms in total. The van der Waals surface area contributed by atoms with E-state index in [2.05, 4.69) is 15.8 Å². The van der Waals surface area contributed by atoms with Gasteiger partial charge in [-0.05, 0) is 48.1 Å². The first kappa shape index (κ1) is 19.5. The molecule has 28 heavy (non-hydrogen) atoms. The van der Waals surface area contributed by atoms with Crippen molar-refractivity contribution in [1.29, 1.82) is 0 Å². The Balaban J connectivity index is 1.51. The summed E-state index contributed by atoms with van der Waals surface area (Å²) in [7, 11) is 0. The fourth-order valence-corrected chi connectivity index (χ4v) is 3.18. The second kappa shape index (κ2) is 9.62. The second-order valence-electron chi connectivity index (χ2n) is 6.23. The number of carbonyl (C=O) groups is 2. The molecule has 3 rings (SSSR count). The van der Waals surface area contributed by atoms with Gasteiger partial charge in [-0.15, -0.1) is 11.3 Å². The molecule has 0 saturated carbocycles. The van der Waals surface area contributed by atoms with E-state index in [1.165, 1.54) is 11.3 Å². The molecule has 0 aliphatic carbocycles. The largest absolute Gasteiger partial charge is 0.321 e. The van der Waals surface area contributed by atoms with Crippen LogP contribution < -0.4 is 10.7 Å². The maximum atomic E-state index is 12.1. The number of carbonyl (C=O) groups excluding carboxylic acids is 2. The van der Waals surface area contributed by atoms with Gasteiger partial charge in [-0.25, -0.2) is 5.43 Å². The van der Waals surface area contributed by atoms with Gasteiger partial charge in [-0.2, -0.15) is 5.10 Å². The van der Waals surface area contributed by atoms with E-state index >= 15 is 0 Å². The van der Waals surface area contributed by atoms with Crippen molar-refractivity contribution >= 4 is 34.6 Å². The highest BCUT2D eigenvalue weighted by Crippen LogP contribution is 2.14. The number of hydrogen-bond donors (Lipinski definition) is 2. The van der Waals surface area contributed by atoms with Crippen LogP contribution in [0.15, 0.2) is 77.2 Å². The molecular formula is C22H21N3O2S. The number of aryl methyl sites for hydroxylation is 1. The summed E-state index contributed by atoms with van der Waals surface area (Å²) in [5.74, 6) is -0.248. The van der Waals surface area contributed by atoms with Gasteiger partial charge in [-0.3, -0.25) is 9.59 Å². The number of anilines is 1. The number of benzene rings is 2. The predicted octanol–water partition coefficient (Wildman–Crippen LogP) is 4.47. The number of hydrogen-bond acceptors (Lipinski definition) is 4. The van der Waals surface area contributed by atoms with Gasteiger partial charge in [0, 0.05) is 12.1 Å². The summed E-state index contributed by atoms with van der Waals surface area (Å²) in [6.07, 6.45) is 1.06. The van der Waals surface area contributed by atoms with Crippen LogP contribution in [0, 0.1) is 0 Å². The van der Waals surface area contributed by atoms with Crippen molar-refractivity contribution in [2.45, 2.75) is 19.8 Å². The average Bonchev–Trinajstić information content (AvgIpc) is 3.27. The Bertz CT molecular complexity index is 949. The molecule has 0 unspecified atom stereocenters. The van der Waals surface area contributed by atoms with E-state index in [1.54, 1.807) is 6.07 Å². The first-order valence-electron chi connectivity index (χ1n) is 8.94. The molecule has 0 bridgehead atoms. The third-order valence-corrected chi connectivity index (χ3v) is 5.01. The Morgan fingerprint density at radius 3 is 2.39 bits per heavy atom. The Morgan fingerprint density at radius 2 is 1.71 bits per heavy atom. The van der Waals surface area contributed by atoms with Crippen LogP contribution >= 0.6 is 11.3 Å². The molecule has 2 N–H and O–H groups in total. The standard InChI is InChI=1S/C22H21N3O2S/c1-16(24-25-21(26)14-9-17-6-3-2-4-7-17)18-10-12-19(13-11-18)23-22(27)20-8-5-15-28-20/h2-8,10-13,15H,9,14H2,1H3,(H,23,27)(H,25,26). The Labute approximate surface area is 168 Å². The van der Waals surface area contributed by atoms with Crippen molar-refractivity contribution in [3.05, 3.63) is 88.1 Å². The maximum absolute atomic E-state index is 12.1. The van der Waals surface area contributed by atoms with Gasteiger partial charge in [0.2, 0.25) is 5.91 Å². The molecule has 2 aromatic carbocycles. The normalized spacial score (nSPS) is 11.1. The lowest BCUT2D eigenvalue weighted by molar-refractivity contribution is -0.121. The van der Waals surface area contributed by atoms with Crippen LogP contribution in [0.3, 0.4) is 0 Å². The van der Waals surface area contributed by atoms with E-state index in [1.807, 2.05) is 73.0 Å². The number of nitrogens with one attached hydrogen (secondary N) is 2. The Morgan fingerprint density at radius 1 is 0.964 bits per heavy atom. The van der Waals surface area contributed by atoms with E-state index in [0.29, 0.717) is 29.1 Å². The second-order valence-corrected chi connectivity index (χ2v) is 7.17. The zero-order valence-corrected chi connectivity index (χ0v) is 16.3. The van der Waals surface area contributed by atoms with Gasteiger partial charge in [0.25, 0.3) is 5.91 Å². The van der Waals surface area contributed by atoms with Crippen molar-refractivity contribution in [3.63, 3.8) is 0 Å². The zero-order chi connectivity index (χ0) is 19.8. The lowest BCUT2D eigenvalue weighted by Gasteiger charge is -2.06. The van der Waals surface area contributed by atoms with Gasteiger partial charge < -0.3 is 5.32 Å². The smallest absolute Gasteiger partial charge is 0.265 e. The Kier molecular flexibility index (Phi) is 6.70. The van der Waals surface area contributed by atoms with E-state index in [9.17, 15) is 9.59 Å². The molecule has 0 radical (unpaired) electrons. The number of hydrazone groups is 1. The predicted molar refractivity (Wildman–Crippen MR) is 114 cm³/mol. The topological polar surface area (TPSA) is 70.6 Å². The molecule has 1 aromatic heterocycles. The van der Waals surface area contributed by atoms with Crippen LogP contribution in [0.2, 0.25) is 0 Å². The average molecular weight is 391 g/mol. The van der Waals surface area contributed by atoms with Crippen molar-refractivity contribution < 1.29 is 9.59 Å². The van der Waals surface area contributed by atoms with Crippen LogP contribution in [0.25, 0.3) is 0 Å². The minimum Gasteiger partial charge on any atom is -0.321 e. The summed E-state index contributed by atoms with van der Waals surface area (Å²) in [4.78, 5) is 24.7. The highest BCUT2D eigenvalue weighted by Gasteiger charge is 2.07. The lowest BCUT2D eigenvalue weighted by Crippen LogP contribution is -2.19. The van der Waals surface area contributed by atoms with E-state index in [4.69, 9.17) is 0 Å². The Hall–Kier alpha value is -3.25. The molecule has 2 amide bonds. The fourth-order valence-electron chi connectivity index (χ4n) is 2.56. The highest BCUT2D eigenvalue weighted by atomic mass is 32.1. The fraction of sp³-hybridized carbons (Fsp3) is 0.136. The van der Waals surface area contributed by atoms with Crippen molar-refractivity contribution in [1.82, 2.24) is 5.43 Å². The van der Waals surface area contributed by atoms with Crippen LogP contribution in [-0.4, -0.2) is 17.5 Å². The molecule has 0 spiro atoms. The molecule has 142 valence electrons. The molecule has 0 aliphatic rings. The number of rotatable bonds is 7. The molecular weight excluding hydrogens is 370 g/mol. The van der Waals surface area contributed by atoms with E-state index in [-0.39, 0.29) is 11.8 Å². The van der Waals surface area contributed by atoms with Gasteiger partial charge in [-0.1, -0.05) is 48.5 Å². The first-order valence-corrected chi connectivity index (χ1v) is 9.82. The lowest BCUT2D eigenvalue weighted by atomic mass is 10.1. The highest BCUT2D eigenvalue weighted by molar-refractivity contribution is 7.12. The van der Waals surface area contributed by atoms with Crippen molar-refractivity contribution in [2.75, 3.05) is 5.32 Å². The number of amides is 2. The number of nitrogens with zero attached hydrogens (tertiary/aromatic N) is 1. The monoisotopic (exact) mass is 391 g/mol. The molecule has 0 atom stereocenters. The molecule has 3 aromatic rings. The van der Waals surface area contributed by atoms with Gasteiger partial charge in [0.1, 0.15) is 0 Å². The minimum atomic E-state index is -0.126. The molecule has 0 saturated heterocycles. The molecule has 1 heterocycles. The van der Waals surface area contributed by atoms with Crippen molar-refractivity contribution in [3.8, 4) is 0 Å². The van der Waals surface area contributed by atoms with Gasteiger partial charge in [0.05, 0.1) is 10.6 Å². The summed E-state index contributed by atoms with van der Waals surface area (Å²) >= 11 is 1.40. The van der Waals surface area contributed by atoms with Crippen molar-refractivity contribution in [2.24, 2.45) is 5.10 Å². The zero-order valence-electron chi connectivity index (χ0n) is 15.5. The first-order chi connectivity index (χ1) is 13.6. The van der Waals surface area contributed by atoms with Crippen LogP contribution in [0.1, 0.15) is 34.1 Å². The summed E-state index contributed by atoms with van der Waals surface area (Å²) in [6, 6.07) is 20.9. The summed E-state index contributed by atoms with van der Waals surface area (Å²) in [6.45, 7) is 1.83. The van der Waals surface area contributed by atoms with E-state index < -0.39 is 0 Å². The summed E-state index contributed by atoms with van der Waals surface area (Å²) in [5, 5.41) is 8.89. The molecule has 6 heteroatoms. The van der Waals surface area contributed by atoms with Gasteiger partial charge >= 0.3 is 0 Å². The molecule has 0 fully saturated rings. The molecule has 0 aliphatic heterocycles. The SMILES string of the molecule is CC(=NNC(=O)CCc1ccccc1)c1ccc(NC(=O)c2cccs2)cc1. The number of thiophene rings is 1. The third kappa shape index (κ3) is 5.62. The van der Waals surface area contributed by atoms with Crippen LogP contribution in [0.4, 0.5) is 5.69 Å². The summed E-state index contributed by atoms with van der Waals surface area (Å²) in [5.41, 5.74) is 6.00. The third-order valence-electron chi connectivity index (χ3n) is 4.14. The minimum absolute atomic E-state index is 0.122. The summed E-state index contributed by atoms with van der Waals surface area (Å²) < 4.78 is 0.